The predicted molar refractivity (Wildman–Crippen MR) is 25.0 cm³/mol. The van der Waals surface area contributed by atoms with E-state index in [0.717, 1.165) is 0 Å². The van der Waals surface area contributed by atoms with Gasteiger partial charge in [0.15, 0.2) is 0 Å². The first-order chi connectivity index (χ1) is 3.41. The average Bonchev–Trinajstić information content (AvgIpc) is 1.69. The number of rotatable bonds is 3. The molecule has 2 nitrogen and oxygen atoms in total. The molecule has 0 aliphatic rings. The molecule has 0 spiro atoms. The van der Waals surface area contributed by atoms with Crippen molar-refractivity contribution in [3.63, 3.8) is 0 Å². The molecule has 0 aromatic carbocycles. The smallest absolute Gasteiger partial charge is 0.691 e. The fourth-order valence-electron chi connectivity index (χ4n) is 0.176. The maximum atomic E-state index is 6.35. The van der Waals surface area contributed by atoms with Gasteiger partial charge in [-0.1, -0.05) is 0 Å². The first kappa shape index (κ1) is 11.0. The van der Waals surface area contributed by atoms with Crippen LogP contribution in [0.1, 0.15) is 0 Å². The molecule has 0 radical (unpaired) electrons. The van der Waals surface area contributed by atoms with Gasteiger partial charge >= 0.3 is 18.9 Å². The average molecular weight is 106 g/mol. The molecule has 0 aromatic heterocycles. The van der Waals surface area contributed by atoms with Gasteiger partial charge in [-0.15, -0.1) is 0 Å². The van der Waals surface area contributed by atoms with Crippen LogP contribution in [0.4, 0.5) is 0 Å². The minimum Gasteiger partial charge on any atom is -0.691 e. The summed E-state index contributed by atoms with van der Waals surface area (Å²) < 4.78 is 9.11. The summed E-state index contributed by atoms with van der Waals surface area (Å²) in [5.74, 6) is 2.05. The quantitative estimate of drug-likeness (QED) is 0.127. The van der Waals surface area contributed by atoms with Crippen molar-refractivity contribution in [3.05, 3.63) is 6.42 Å². The minimum absolute atomic E-state index is 0. The van der Waals surface area contributed by atoms with Gasteiger partial charge in [0.05, 0.1) is 6.61 Å². The van der Waals surface area contributed by atoms with Gasteiger partial charge in [0.2, 0.25) is 0 Å². The molecule has 0 saturated heterocycles. The third-order valence-electron chi connectivity index (χ3n) is 0.375. The van der Waals surface area contributed by atoms with E-state index in [2.05, 4.69) is 15.4 Å². The molecule has 0 heterocycles. The van der Waals surface area contributed by atoms with Crippen molar-refractivity contribution in [3.8, 4) is 5.92 Å². The van der Waals surface area contributed by atoms with Crippen LogP contribution in [0.25, 0.3) is 0 Å². The predicted octanol–water partition coefficient (Wildman–Crippen LogP) is -2.80. The summed E-state index contributed by atoms with van der Waals surface area (Å²) in [5.41, 5.74) is 0. The van der Waals surface area contributed by atoms with Gasteiger partial charge in [-0.2, -0.15) is 0 Å². The van der Waals surface area contributed by atoms with E-state index in [4.69, 9.17) is 6.42 Å². The summed E-state index contributed by atoms with van der Waals surface area (Å²) in [6, 6.07) is 0. The molecule has 0 bridgehead atoms. The maximum absolute atomic E-state index is 6.35. The van der Waals surface area contributed by atoms with Crippen LogP contribution in [0.2, 0.25) is 0 Å². The van der Waals surface area contributed by atoms with Gasteiger partial charge in [0.25, 0.3) is 0 Å². The van der Waals surface area contributed by atoms with Crippen molar-refractivity contribution in [1.29, 1.82) is 0 Å². The molecular weight excluding hydrogens is 99.0 g/mol. The maximum Gasteiger partial charge on any atom is 1.00 e. The number of hydrogen-bond donors (Lipinski definition) is 0. The van der Waals surface area contributed by atoms with Crippen molar-refractivity contribution in [2.75, 3.05) is 20.5 Å². The Bertz CT molecular complexity index is 67.3. The van der Waals surface area contributed by atoms with E-state index >= 15 is 0 Å². The zero-order chi connectivity index (χ0) is 5.54. The fourth-order valence-corrected chi connectivity index (χ4v) is 0.176. The monoisotopic (exact) mass is 106 g/mol. The van der Waals surface area contributed by atoms with Crippen LogP contribution in [0.3, 0.4) is 0 Å². The van der Waals surface area contributed by atoms with E-state index in [1.165, 1.54) is 7.11 Å². The van der Waals surface area contributed by atoms with E-state index in [1.54, 1.807) is 0 Å². The van der Waals surface area contributed by atoms with Gasteiger partial charge in [0, 0.05) is 7.11 Å². The summed E-state index contributed by atoms with van der Waals surface area (Å²) >= 11 is 0. The Labute approximate surface area is 61.7 Å². The second kappa shape index (κ2) is 10.1. The first-order valence-electron chi connectivity index (χ1n) is 1.88. The standard InChI is InChI=1S/C5H7O2.Li/c1-3-4-7-5-6-2;/h4-5H2,2H3;/q-1;+1. The Balaban J connectivity index is 0. The molecule has 0 aliphatic heterocycles. The second-order valence-corrected chi connectivity index (χ2v) is 0.932. The third-order valence-corrected chi connectivity index (χ3v) is 0.375. The van der Waals surface area contributed by atoms with Gasteiger partial charge in [-0.25, -0.2) is 0 Å². The summed E-state index contributed by atoms with van der Waals surface area (Å²) in [4.78, 5) is 0. The van der Waals surface area contributed by atoms with E-state index in [9.17, 15) is 0 Å². The van der Waals surface area contributed by atoms with Crippen molar-refractivity contribution in [1.82, 2.24) is 0 Å². The number of methoxy groups -OCH3 is 1. The number of ether oxygens (including phenoxy) is 2. The Morgan fingerprint density at radius 1 is 1.62 bits per heavy atom. The zero-order valence-electron chi connectivity index (χ0n) is 5.23. The van der Waals surface area contributed by atoms with Crippen LogP contribution >= 0.6 is 0 Å². The zero-order valence-corrected chi connectivity index (χ0v) is 5.23. The summed E-state index contributed by atoms with van der Waals surface area (Å²) in [6.07, 6.45) is 6.35. The molecule has 0 N–H and O–H groups in total. The Morgan fingerprint density at radius 3 is 2.62 bits per heavy atom. The van der Waals surface area contributed by atoms with E-state index < -0.39 is 0 Å². The molecule has 0 amide bonds. The molecular formula is C5H7LiO2. The van der Waals surface area contributed by atoms with Crippen LogP contribution in [-0.4, -0.2) is 20.5 Å². The van der Waals surface area contributed by atoms with Crippen molar-refractivity contribution in [2.45, 2.75) is 0 Å². The van der Waals surface area contributed by atoms with Crippen molar-refractivity contribution < 1.29 is 28.3 Å². The Kier molecular flexibility index (Phi) is 13.9. The van der Waals surface area contributed by atoms with E-state index in [0.29, 0.717) is 0 Å². The summed E-state index contributed by atoms with van der Waals surface area (Å²) in [7, 11) is 1.53. The molecule has 0 saturated carbocycles. The van der Waals surface area contributed by atoms with E-state index in [1.807, 2.05) is 0 Å². The summed E-state index contributed by atoms with van der Waals surface area (Å²) in [6.45, 7) is 0.458. The molecule has 0 aromatic rings. The molecule has 0 rings (SSSR count). The van der Waals surface area contributed by atoms with Crippen LogP contribution in [-0.2, 0) is 9.47 Å². The van der Waals surface area contributed by atoms with Gasteiger partial charge in [-0.05, 0) is 0 Å². The van der Waals surface area contributed by atoms with Crippen LogP contribution in [0, 0.1) is 12.3 Å². The third kappa shape index (κ3) is 9.42. The van der Waals surface area contributed by atoms with Crippen LogP contribution < -0.4 is 18.9 Å². The molecule has 0 unspecified atom stereocenters. The molecule has 3 heteroatoms. The van der Waals surface area contributed by atoms with Crippen molar-refractivity contribution >= 4 is 0 Å². The topological polar surface area (TPSA) is 18.5 Å². The van der Waals surface area contributed by atoms with Crippen LogP contribution in [0.15, 0.2) is 0 Å². The first-order valence-corrected chi connectivity index (χ1v) is 1.88. The van der Waals surface area contributed by atoms with Gasteiger partial charge in [0.1, 0.15) is 6.79 Å². The molecule has 0 atom stereocenters. The summed E-state index contributed by atoms with van der Waals surface area (Å²) in [5, 5.41) is 0. The SMILES string of the molecule is [C-]#CCOCOC.[Li+]. The normalized spacial score (nSPS) is 7.00. The van der Waals surface area contributed by atoms with E-state index in [-0.39, 0.29) is 32.3 Å². The largest absolute Gasteiger partial charge is 1.00 e. The van der Waals surface area contributed by atoms with Gasteiger partial charge < -0.3 is 21.8 Å². The molecule has 8 heavy (non-hydrogen) atoms. The Hall–Kier alpha value is 0.0774. The van der Waals surface area contributed by atoms with Crippen molar-refractivity contribution in [2.24, 2.45) is 0 Å². The van der Waals surface area contributed by atoms with Gasteiger partial charge in [-0.3, -0.25) is 0 Å². The molecule has 40 valence electrons. The van der Waals surface area contributed by atoms with Crippen LogP contribution in [0.5, 0.6) is 0 Å². The molecule has 0 fully saturated rings. The molecule has 0 aliphatic carbocycles. The second-order valence-electron chi connectivity index (χ2n) is 0.932. The minimum atomic E-state index is 0. The Morgan fingerprint density at radius 2 is 2.25 bits per heavy atom. The number of hydrogen-bond acceptors (Lipinski definition) is 2. The fraction of sp³-hybridized carbons (Fsp3) is 0.600.